The molecule has 4 aromatic rings. The third-order valence-corrected chi connectivity index (χ3v) is 6.24. The summed E-state index contributed by atoms with van der Waals surface area (Å²) in [6, 6.07) is 11.5. The molecule has 0 fully saturated rings. The fourth-order valence-electron chi connectivity index (χ4n) is 4.00. The van der Waals surface area contributed by atoms with Crippen molar-refractivity contribution < 1.29 is 28.6 Å². The summed E-state index contributed by atoms with van der Waals surface area (Å²) >= 11 is 0. The van der Waals surface area contributed by atoms with E-state index >= 15 is 4.39 Å². The van der Waals surface area contributed by atoms with E-state index in [1.165, 1.54) is 32.4 Å². The van der Waals surface area contributed by atoms with Crippen molar-refractivity contribution in [3.05, 3.63) is 102 Å². The van der Waals surface area contributed by atoms with Gasteiger partial charge in [-0.2, -0.15) is 18.3 Å². The number of halogens is 4. The topological polar surface area (TPSA) is 85.1 Å². The summed E-state index contributed by atoms with van der Waals surface area (Å²) in [5, 5.41) is 6.05. The van der Waals surface area contributed by atoms with Gasteiger partial charge < -0.3 is 19.6 Å². The average Bonchev–Trinajstić information content (AvgIpc) is 3.72. The van der Waals surface area contributed by atoms with Gasteiger partial charge in [0.1, 0.15) is 23.1 Å². The van der Waals surface area contributed by atoms with E-state index in [0.29, 0.717) is 24.1 Å². The number of hydrogen-bond donors (Lipinski definition) is 1. The molecule has 0 saturated carbocycles. The number of rotatable bonds is 8. The molecule has 1 N–H and O–H groups in total. The van der Waals surface area contributed by atoms with Gasteiger partial charge in [-0.15, -0.1) is 0 Å². The second kappa shape index (κ2) is 22.2. The first-order valence-corrected chi connectivity index (χ1v) is 16.7. The molecule has 0 aliphatic heterocycles. The van der Waals surface area contributed by atoms with Crippen molar-refractivity contribution in [3.8, 4) is 11.4 Å². The highest BCUT2D eigenvalue weighted by Crippen LogP contribution is 2.31. The second-order valence-corrected chi connectivity index (χ2v) is 11.2. The van der Waals surface area contributed by atoms with Crippen LogP contribution in [0.1, 0.15) is 111 Å². The molecule has 278 valence electrons. The van der Waals surface area contributed by atoms with E-state index < -0.39 is 29.3 Å². The number of ketones is 1. The fraction of sp³-hybridized carbons (Fsp3) is 0.421. The van der Waals surface area contributed by atoms with E-state index in [4.69, 9.17) is 0 Å². The van der Waals surface area contributed by atoms with Gasteiger partial charge in [-0.25, -0.2) is 14.1 Å². The van der Waals surface area contributed by atoms with Crippen molar-refractivity contribution in [2.24, 2.45) is 0 Å². The average molecular weight is 705 g/mol. The van der Waals surface area contributed by atoms with E-state index in [2.05, 4.69) is 35.8 Å². The standard InChI is InChI=1S/C28H28F4N6O.C3H6O.C3H8.2C2H6.H2/c1-17(2)18(3)19-7-6-8-21(13-19)38-24(15-25(35-38)28(30,31)32)27(39)34-23-10-9-20(14-22(23)29)37-12-11-33-26(37)16-36(4)5;1-3(2)4;1-3-2;2*1-2;/h6-15,18H,1,16H2,2-5H3,(H,34,39);1-2H3;3H2,1-2H3;2*1-2H3;1H. The van der Waals surface area contributed by atoms with E-state index in [9.17, 15) is 22.8 Å². The molecular weight excluding hydrogens is 648 g/mol. The fourth-order valence-corrected chi connectivity index (χ4v) is 4.00. The molecule has 0 aliphatic rings. The SMILES string of the molecule is C=C(C)C(C)c1cccc(-n2nc(C(F)(F)F)cc2C(=O)Nc2ccc(-n3ccnc3CN(C)C)cc2F)c1.CC.CC.CC(C)=O.CCC.[HH]. The summed E-state index contributed by atoms with van der Waals surface area (Å²) in [5.41, 5.74) is 0.571. The van der Waals surface area contributed by atoms with Gasteiger partial charge in [0, 0.05) is 37.6 Å². The van der Waals surface area contributed by atoms with Crippen LogP contribution in [0.2, 0.25) is 0 Å². The van der Waals surface area contributed by atoms with Crippen LogP contribution in [-0.4, -0.2) is 50.0 Å². The normalized spacial score (nSPS) is 10.9. The van der Waals surface area contributed by atoms with Crippen molar-refractivity contribution >= 4 is 17.4 Å². The van der Waals surface area contributed by atoms with Gasteiger partial charge in [-0.1, -0.05) is 79.2 Å². The van der Waals surface area contributed by atoms with Crippen LogP contribution >= 0.6 is 0 Å². The minimum atomic E-state index is -4.79. The molecule has 1 unspecified atom stereocenters. The Kier molecular flexibility index (Phi) is 20.2. The summed E-state index contributed by atoms with van der Waals surface area (Å²) in [4.78, 5) is 28.8. The summed E-state index contributed by atoms with van der Waals surface area (Å²) in [6.45, 7) is 23.5. The predicted molar refractivity (Wildman–Crippen MR) is 198 cm³/mol. The Labute approximate surface area is 296 Å². The van der Waals surface area contributed by atoms with Gasteiger partial charge >= 0.3 is 6.18 Å². The Morgan fingerprint density at radius 3 is 2.06 bits per heavy atom. The van der Waals surface area contributed by atoms with E-state index in [1.54, 1.807) is 41.2 Å². The molecule has 0 saturated heterocycles. The van der Waals surface area contributed by atoms with E-state index in [-0.39, 0.29) is 24.5 Å². The third kappa shape index (κ3) is 14.1. The van der Waals surface area contributed by atoms with E-state index in [0.717, 1.165) is 15.8 Å². The van der Waals surface area contributed by atoms with Crippen molar-refractivity contribution in [2.45, 2.75) is 94.3 Å². The van der Waals surface area contributed by atoms with Crippen LogP contribution in [0.15, 0.2) is 73.1 Å². The monoisotopic (exact) mass is 704 g/mol. The quantitative estimate of drug-likeness (QED) is 0.146. The van der Waals surface area contributed by atoms with Crippen molar-refractivity contribution in [2.75, 3.05) is 19.4 Å². The molecule has 4 rings (SSSR count). The Hall–Kier alpha value is -4.58. The highest BCUT2D eigenvalue weighted by Gasteiger charge is 2.36. The molecule has 8 nitrogen and oxygen atoms in total. The number of nitrogens with zero attached hydrogens (tertiary/aromatic N) is 5. The second-order valence-electron chi connectivity index (χ2n) is 11.2. The third-order valence-electron chi connectivity index (χ3n) is 6.24. The van der Waals surface area contributed by atoms with Crippen LogP contribution in [0, 0.1) is 5.82 Å². The van der Waals surface area contributed by atoms with Gasteiger partial charge in [0.05, 0.1) is 17.9 Å². The molecule has 2 aromatic heterocycles. The summed E-state index contributed by atoms with van der Waals surface area (Å²) in [5.74, 6) is -0.923. The van der Waals surface area contributed by atoms with E-state index in [1.807, 2.05) is 66.6 Å². The number of anilines is 1. The minimum Gasteiger partial charge on any atom is -0.318 e. The number of imidazole rings is 1. The molecule has 2 aromatic carbocycles. The van der Waals surface area contributed by atoms with Crippen LogP contribution in [0.4, 0.5) is 23.2 Å². The number of carbonyl (C=O) groups is 2. The largest absolute Gasteiger partial charge is 0.435 e. The molecule has 2 heterocycles. The number of benzene rings is 2. The van der Waals surface area contributed by atoms with Crippen LogP contribution < -0.4 is 5.32 Å². The minimum absolute atomic E-state index is 0. The van der Waals surface area contributed by atoms with Gasteiger partial charge in [0.15, 0.2) is 5.69 Å². The Morgan fingerprint density at radius 2 is 1.56 bits per heavy atom. The number of aromatic nitrogens is 4. The Morgan fingerprint density at radius 1 is 0.980 bits per heavy atom. The molecule has 0 bridgehead atoms. The van der Waals surface area contributed by atoms with Crippen LogP contribution in [-0.2, 0) is 17.5 Å². The zero-order chi connectivity index (χ0) is 38.8. The van der Waals surface area contributed by atoms with Crippen molar-refractivity contribution in [1.82, 2.24) is 24.2 Å². The molecule has 50 heavy (non-hydrogen) atoms. The summed E-state index contributed by atoms with van der Waals surface area (Å²) < 4.78 is 58.4. The lowest BCUT2D eigenvalue weighted by atomic mass is 9.95. The molecule has 0 spiro atoms. The summed E-state index contributed by atoms with van der Waals surface area (Å²) in [7, 11) is 3.76. The lowest BCUT2D eigenvalue weighted by molar-refractivity contribution is -0.141. The lowest BCUT2D eigenvalue weighted by Gasteiger charge is -2.15. The molecular formula is C38H56F4N6O2. The summed E-state index contributed by atoms with van der Waals surface area (Å²) in [6.07, 6.45) is -0.255. The first kappa shape index (κ1) is 45.4. The number of hydrogen-bond acceptors (Lipinski definition) is 5. The molecule has 12 heteroatoms. The molecule has 1 atom stereocenters. The van der Waals surface area contributed by atoms with Crippen LogP contribution in [0.5, 0.6) is 0 Å². The highest BCUT2D eigenvalue weighted by molar-refractivity contribution is 6.03. The van der Waals surface area contributed by atoms with Gasteiger partial charge in [0.25, 0.3) is 5.91 Å². The van der Waals surface area contributed by atoms with Gasteiger partial charge in [-0.3, -0.25) is 4.79 Å². The first-order valence-electron chi connectivity index (χ1n) is 16.7. The van der Waals surface area contributed by atoms with Crippen LogP contribution in [0.3, 0.4) is 0 Å². The number of carbonyl (C=O) groups excluding carboxylic acids is 2. The number of Topliss-reactive ketones (excluding diaryl/α,β-unsaturated/α-hetero) is 1. The Balaban J connectivity index is 0. The maximum atomic E-state index is 15.1. The van der Waals surface area contributed by atoms with Gasteiger partial charge in [-0.05, 0) is 64.7 Å². The Bertz CT molecular complexity index is 1640. The lowest BCUT2D eigenvalue weighted by Crippen LogP contribution is -2.18. The first-order chi connectivity index (χ1) is 23.5. The molecule has 1 amide bonds. The molecule has 0 radical (unpaired) electrons. The molecule has 0 aliphatic carbocycles. The smallest absolute Gasteiger partial charge is 0.318 e. The van der Waals surface area contributed by atoms with Crippen LogP contribution in [0.25, 0.3) is 11.4 Å². The maximum Gasteiger partial charge on any atom is 0.435 e. The highest BCUT2D eigenvalue weighted by atomic mass is 19.4. The van der Waals surface area contributed by atoms with Gasteiger partial charge in [0.2, 0.25) is 0 Å². The number of alkyl halides is 3. The number of allylic oxidation sites excluding steroid dienone is 1. The van der Waals surface area contributed by atoms with Crippen molar-refractivity contribution in [3.63, 3.8) is 0 Å². The number of amides is 1. The van der Waals surface area contributed by atoms with Crippen molar-refractivity contribution in [1.29, 1.82) is 0 Å². The maximum absolute atomic E-state index is 15.1. The zero-order valence-corrected chi connectivity index (χ0v) is 31.5. The predicted octanol–water partition coefficient (Wildman–Crippen LogP) is 10.5. The number of nitrogens with one attached hydrogen (secondary N) is 1. The zero-order valence-electron chi connectivity index (χ0n) is 31.5.